The van der Waals surface area contributed by atoms with E-state index in [0.29, 0.717) is 5.69 Å². The van der Waals surface area contributed by atoms with E-state index >= 15 is 0 Å². The number of ether oxygens (including phenoxy) is 1. The van der Waals surface area contributed by atoms with Crippen LogP contribution in [0.1, 0.15) is 20.8 Å². The van der Waals surface area contributed by atoms with Gasteiger partial charge in [0.1, 0.15) is 11.9 Å². The molecule has 4 heteroatoms. The molecule has 1 aromatic carbocycles. The number of aliphatic hydroxyl groups excluding tert-OH is 1. The highest BCUT2D eigenvalue weighted by molar-refractivity contribution is 5.41. The van der Waals surface area contributed by atoms with E-state index in [9.17, 15) is 5.11 Å². The summed E-state index contributed by atoms with van der Waals surface area (Å²) in [5.41, 5.74) is 6.32. The van der Waals surface area contributed by atoms with Crippen molar-refractivity contribution in [2.75, 3.05) is 18.8 Å². The Kier molecular flexibility index (Phi) is 5.25. The quantitative estimate of drug-likeness (QED) is 0.585. The van der Waals surface area contributed by atoms with Gasteiger partial charge in [0.25, 0.3) is 0 Å². The molecule has 17 heavy (non-hydrogen) atoms. The van der Waals surface area contributed by atoms with Gasteiger partial charge in [0.05, 0.1) is 0 Å². The van der Waals surface area contributed by atoms with Gasteiger partial charge in [-0.15, -0.1) is 0 Å². The molecule has 2 atom stereocenters. The smallest absolute Gasteiger partial charge is 0.178 e. The van der Waals surface area contributed by atoms with Gasteiger partial charge in [0.2, 0.25) is 0 Å². The van der Waals surface area contributed by atoms with Crippen LogP contribution in [0.2, 0.25) is 0 Å². The van der Waals surface area contributed by atoms with E-state index in [4.69, 9.17) is 10.5 Å². The van der Waals surface area contributed by atoms with Gasteiger partial charge in [-0.05, 0) is 44.3 Å². The standard InChI is InChI=1S/C13H22N2O2/c1-4-15(5-2)13(10(3)16)17-12-8-6-11(14)7-9-12/h6-10,13,16H,4-5,14H2,1-3H3. The molecule has 0 saturated carbocycles. The Morgan fingerprint density at radius 1 is 1.24 bits per heavy atom. The number of nitrogens with two attached hydrogens (primary N) is 1. The minimum Gasteiger partial charge on any atom is -0.472 e. The molecule has 0 amide bonds. The highest BCUT2D eigenvalue weighted by atomic mass is 16.5. The molecule has 0 aliphatic rings. The van der Waals surface area contributed by atoms with Gasteiger partial charge in [-0.3, -0.25) is 4.90 Å². The van der Waals surface area contributed by atoms with Gasteiger partial charge in [0, 0.05) is 5.69 Å². The van der Waals surface area contributed by atoms with E-state index in [1.54, 1.807) is 19.1 Å². The summed E-state index contributed by atoms with van der Waals surface area (Å²) in [5.74, 6) is 0.719. The van der Waals surface area contributed by atoms with E-state index in [-0.39, 0.29) is 6.23 Å². The molecule has 0 aliphatic carbocycles. The number of nitrogens with zero attached hydrogens (tertiary/aromatic N) is 1. The van der Waals surface area contributed by atoms with Crippen LogP contribution in [0.3, 0.4) is 0 Å². The molecule has 0 fully saturated rings. The average Bonchev–Trinajstić information content (AvgIpc) is 2.31. The second-order valence-corrected chi connectivity index (χ2v) is 4.04. The number of likely N-dealkylation sites (N-methyl/N-ethyl adjacent to an activating group) is 1. The lowest BCUT2D eigenvalue weighted by Crippen LogP contribution is -2.46. The molecule has 0 spiro atoms. The lowest BCUT2D eigenvalue weighted by atomic mass is 10.3. The molecule has 1 rings (SSSR count). The van der Waals surface area contributed by atoms with Gasteiger partial charge in [-0.1, -0.05) is 13.8 Å². The molecular formula is C13H22N2O2. The van der Waals surface area contributed by atoms with Gasteiger partial charge < -0.3 is 15.6 Å². The molecule has 3 N–H and O–H groups in total. The monoisotopic (exact) mass is 238 g/mol. The second kappa shape index (κ2) is 6.47. The third-order valence-corrected chi connectivity index (χ3v) is 2.72. The van der Waals surface area contributed by atoms with Crippen LogP contribution in [-0.2, 0) is 0 Å². The fourth-order valence-corrected chi connectivity index (χ4v) is 1.75. The molecule has 4 nitrogen and oxygen atoms in total. The van der Waals surface area contributed by atoms with Gasteiger partial charge in [0.15, 0.2) is 6.23 Å². The Hall–Kier alpha value is -1.26. The Morgan fingerprint density at radius 2 is 1.76 bits per heavy atom. The second-order valence-electron chi connectivity index (χ2n) is 4.04. The zero-order valence-corrected chi connectivity index (χ0v) is 10.8. The summed E-state index contributed by atoms with van der Waals surface area (Å²) in [4.78, 5) is 2.07. The van der Waals surface area contributed by atoms with Crippen molar-refractivity contribution in [2.45, 2.75) is 33.1 Å². The summed E-state index contributed by atoms with van der Waals surface area (Å²) in [6.45, 7) is 7.50. The van der Waals surface area contributed by atoms with E-state index in [2.05, 4.69) is 4.90 Å². The van der Waals surface area contributed by atoms with Crippen molar-refractivity contribution in [2.24, 2.45) is 0 Å². The summed E-state index contributed by atoms with van der Waals surface area (Å²) in [6, 6.07) is 7.20. The molecule has 1 aromatic rings. The van der Waals surface area contributed by atoms with Crippen LogP contribution in [0.15, 0.2) is 24.3 Å². The zero-order valence-electron chi connectivity index (χ0n) is 10.8. The highest BCUT2D eigenvalue weighted by Gasteiger charge is 2.22. The third kappa shape index (κ3) is 3.91. The van der Waals surface area contributed by atoms with E-state index < -0.39 is 6.10 Å². The summed E-state index contributed by atoms with van der Waals surface area (Å²) in [6.07, 6.45) is -0.874. The molecule has 96 valence electrons. The van der Waals surface area contributed by atoms with E-state index in [1.807, 2.05) is 26.0 Å². The maximum Gasteiger partial charge on any atom is 0.178 e. The van der Waals surface area contributed by atoms with Crippen molar-refractivity contribution in [3.63, 3.8) is 0 Å². The molecule has 0 radical (unpaired) electrons. The molecular weight excluding hydrogens is 216 g/mol. The van der Waals surface area contributed by atoms with E-state index in [1.165, 1.54) is 0 Å². The SMILES string of the molecule is CCN(CC)C(Oc1ccc(N)cc1)C(C)O. The van der Waals surface area contributed by atoms with Crippen molar-refractivity contribution >= 4 is 5.69 Å². The van der Waals surface area contributed by atoms with Crippen LogP contribution < -0.4 is 10.5 Å². The summed E-state index contributed by atoms with van der Waals surface area (Å²) in [7, 11) is 0. The topological polar surface area (TPSA) is 58.7 Å². The Morgan fingerprint density at radius 3 is 2.18 bits per heavy atom. The zero-order chi connectivity index (χ0) is 12.8. The molecule has 2 unspecified atom stereocenters. The third-order valence-electron chi connectivity index (χ3n) is 2.72. The molecule has 0 saturated heterocycles. The number of aliphatic hydroxyl groups is 1. The summed E-state index contributed by atoms with van der Waals surface area (Å²) >= 11 is 0. The highest BCUT2D eigenvalue weighted by Crippen LogP contribution is 2.17. The summed E-state index contributed by atoms with van der Waals surface area (Å²) in [5, 5.41) is 9.77. The van der Waals surface area contributed by atoms with Crippen molar-refractivity contribution in [1.29, 1.82) is 0 Å². The minimum absolute atomic E-state index is 0.325. The number of rotatable bonds is 6. The predicted molar refractivity (Wildman–Crippen MR) is 69.9 cm³/mol. The maximum absolute atomic E-state index is 9.77. The van der Waals surface area contributed by atoms with Crippen molar-refractivity contribution in [3.8, 4) is 5.75 Å². The Labute approximate surface area is 103 Å². The number of anilines is 1. The fourth-order valence-electron chi connectivity index (χ4n) is 1.75. The van der Waals surface area contributed by atoms with Gasteiger partial charge in [-0.25, -0.2) is 0 Å². The largest absolute Gasteiger partial charge is 0.472 e. The van der Waals surface area contributed by atoms with Crippen molar-refractivity contribution in [3.05, 3.63) is 24.3 Å². The number of benzene rings is 1. The molecule has 0 heterocycles. The number of hydrogen-bond donors (Lipinski definition) is 2. The van der Waals surface area contributed by atoms with Crippen LogP contribution in [0.5, 0.6) is 5.75 Å². The van der Waals surface area contributed by atoms with Crippen LogP contribution in [-0.4, -0.2) is 35.4 Å². The first-order chi connectivity index (χ1) is 8.08. The van der Waals surface area contributed by atoms with E-state index in [0.717, 1.165) is 18.8 Å². The van der Waals surface area contributed by atoms with Crippen molar-refractivity contribution in [1.82, 2.24) is 4.90 Å². The number of hydrogen-bond acceptors (Lipinski definition) is 4. The lowest BCUT2D eigenvalue weighted by molar-refractivity contribution is -0.0538. The first kappa shape index (κ1) is 13.8. The van der Waals surface area contributed by atoms with Crippen LogP contribution in [0, 0.1) is 0 Å². The van der Waals surface area contributed by atoms with Crippen LogP contribution in [0.25, 0.3) is 0 Å². The van der Waals surface area contributed by atoms with Gasteiger partial charge >= 0.3 is 0 Å². The predicted octanol–water partition coefficient (Wildman–Crippen LogP) is 1.70. The van der Waals surface area contributed by atoms with Gasteiger partial charge in [-0.2, -0.15) is 0 Å². The van der Waals surface area contributed by atoms with Crippen LogP contribution >= 0.6 is 0 Å². The molecule has 0 bridgehead atoms. The molecule has 0 aliphatic heterocycles. The van der Waals surface area contributed by atoms with Crippen molar-refractivity contribution < 1.29 is 9.84 Å². The lowest BCUT2D eigenvalue weighted by Gasteiger charge is -2.31. The normalized spacial score (nSPS) is 14.6. The van der Waals surface area contributed by atoms with Crippen LogP contribution in [0.4, 0.5) is 5.69 Å². The Balaban J connectivity index is 2.76. The first-order valence-corrected chi connectivity index (χ1v) is 6.02. The summed E-state index contributed by atoms with van der Waals surface area (Å²) < 4.78 is 5.80. The Bertz CT molecular complexity index is 321. The average molecular weight is 238 g/mol. The first-order valence-electron chi connectivity index (χ1n) is 6.02. The number of nitrogen functional groups attached to an aromatic ring is 1. The molecule has 0 aromatic heterocycles. The maximum atomic E-state index is 9.77. The fraction of sp³-hybridized carbons (Fsp3) is 0.538. The minimum atomic E-state index is -0.549.